The molecule has 0 bridgehead atoms. The first-order valence-electron chi connectivity index (χ1n) is 5.57. The molecule has 0 aromatic carbocycles. The summed E-state index contributed by atoms with van der Waals surface area (Å²) in [6, 6.07) is -0.223. The Kier molecular flexibility index (Phi) is 5.05. The summed E-state index contributed by atoms with van der Waals surface area (Å²) >= 11 is 0. The molecule has 1 amide bonds. The Morgan fingerprint density at radius 1 is 1.38 bits per heavy atom. The van der Waals surface area contributed by atoms with E-state index >= 15 is 0 Å². The molecule has 1 rings (SSSR count). The van der Waals surface area contributed by atoms with Gasteiger partial charge in [-0.25, -0.2) is 0 Å². The first-order valence-corrected chi connectivity index (χ1v) is 5.57. The zero-order valence-corrected chi connectivity index (χ0v) is 9.07. The maximum atomic E-state index is 11.8. The van der Waals surface area contributed by atoms with E-state index in [1.165, 1.54) is 0 Å². The van der Waals surface area contributed by atoms with E-state index in [2.05, 4.69) is 10.6 Å². The van der Waals surface area contributed by atoms with Crippen molar-refractivity contribution in [2.45, 2.75) is 44.3 Å². The van der Waals surface area contributed by atoms with Crippen LogP contribution in [-0.2, 0) is 4.79 Å². The lowest BCUT2D eigenvalue weighted by Gasteiger charge is -2.22. The summed E-state index contributed by atoms with van der Waals surface area (Å²) in [5, 5.41) is 5.57. The molecule has 0 aliphatic carbocycles. The predicted octanol–water partition coefficient (Wildman–Crippen LogP) is 1.59. The Hall–Kier alpha value is -0.780. The molecular formula is C10H17F3N2O. The standard InChI is InChI=1S/C10H17F3N2O/c11-10(12,13)5-3-7-15-9(16)8-4-1-2-6-14-8/h8,14H,1-7H2,(H,15,16)/t8-/m0/s1. The van der Waals surface area contributed by atoms with Gasteiger partial charge in [0.25, 0.3) is 0 Å². The topological polar surface area (TPSA) is 41.1 Å². The van der Waals surface area contributed by atoms with E-state index in [-0.39, 0.29) is 24.9 Å². The summed E-state index contributed by atoms with van der Waals surface area (Å²) in [7, 11) is 0. The van der Waals surface area contributed by atoms with Gasteiger partial charge in [0.2, 0.25) is 5.91 Å². The van der Waals surface area contributed by atoms with Crippen LogP contribution in [0.1, 0.15) is 32.1 Å². The van der Waals surface area contributed by atoms with Crippen molar-refractivity contribution in [2.75, 3.05) is 13.1 Å². The quantitative estimate of drug-likeness (QED) is 0.730. The summed E-state index contributed by atoms with van der Waals surface area (Å²) in [6.07, 6.45) is -2.21. The van der Waals surface area contributed by atoms with Crippen LogP contribution >= 0.6 is 0 Å². The van der Waals surface area contributed by atoms with Crippen LogP contribution in [0.15, 0.2) is 0 Å². The third-order valence-corrected chi connectivity index (χ3v) is 2.56. The first kappa shape index (κ1) is 13.3. The van der Waals surface area contributed by atoms with Crippen LogP contribution in [0.2, 0.25) is 0 Å². The summed E-state index contributed by atoms with van der Waals surface area (Å²) < 4.78 is 35.4. The second-order valence-electron chi connectivity index (χ2n) is 4.01. The van der Waals surface area contributed by atoms with E-state index in [9.17, 15) is 18.0 Å². The van der Waals surface area contributed by atoms with Gasteiger partial charge < -0.3 is 10.6 Å². The molecule has 0 unspecified atom stereocenters. The molecule has 1 heterocycles. The van der Waals surface area contributed by atoms with Crippen LogP contribution in [0, 0.1) is 0 Å². The first-order chi connectivity index (χ1) is 7.49. The molecule has 3 nitrogen and oxygen atoms in total. The Bertz CT molecular complexity index is 225. The third kappa shape index (κ3) is 5.34. The zero-order valence-electron chi connectivity index (χ0n) is 9.07. The lowest BCUT2D eigenvalue weighted by Crippen LogP contribution is -2.46. The lowest BCUT2D eigenvalue weighted by molar-refractivity contribution is -0.136. The Morgan fingerprint density at radius 2 is 2.12 bits per heavy atom. The number of rotatable bonds is 4. The molecule has 0 spiro atoms. The van der Waals surface area contributed by atoms with Crippen molar-refractivity contribution in [1.82, 2.24) is 10.6 Å². The highest BCUT2D eigenvalue weighted by molar-refractivity contribution is 5.81. The minimum Gasteiger partial charge on any atom is -0.355 e. The molecule has 1 fully saturated rings. The van der Waals surface area contributed by atoms with Crippen molar-refractivity contribution in [1.29, 1.82) is 0 Å². The van der Waals surface area contributed by atoms with Gasteiger partial charge in [-0.3, -0.25) is 4.79 Å². The molecule has 1 saturated heterocycles. The fraction of sp³-hybridized carbons (Fsp3) is 0.900. The molecule has 6 heteroatoms. The highest BCUT2D eigenvalue weighted by atomic mass is 19.4. The van der Waals surface area contributed by atoms with Gasteiger partial charge in [0.05, 0.1) is 6.04 Å². The Balaban J connectivity index is 2.10. The number of halogens is 3. The molecule has 0 radical (unpaired) electrons. The molecule has 16 heavy (non-hydrogen) atoms. The second-order valence-corrected chi connectivity index (χ2v) is 4.01. The van der Waals surface area contributed by atoms with Gasteiger partial charge >= 0.3 is 6.18 Å². The van der Waals surface area contributed by atoms with Crippen LogP contribution < -0.4 is 10.6 Å². The van der Waals surface area contributed by atoms with Crippen molar-refractivity contribution in [3.05, 3.63) is 0 Å². The lowest BCUT2D eigenvalue weighted by atomic mass is 10.0. The molecule has 1 atom stereocenters. The van der Waals surface area contributed by atoms with Crippen LogP contribution in [0.25, 0.3) is 0 Å². The van der Waals surface area contributed by atoms with Crippen LogP contribution in [0.5, 0.6) is 0 Å². The Labute approximate surface area is 92.8 Å². The summed E-state index contributed by atoms with van der Waals surface area (Å²) in [6.45, 7) is 0.900. The SMILES string of the molecule is O=C(NCCCC(F)(F)F)[C@@H]1CCCCN1. The molecule has 1 aliphatic heterocycles. The van der Waals surface area contributed by atoms with Crippen molar-refractivity contribution in [3.63, 3.8) is 0 Å². The summed E-state index contributed by atoms with van der Waals surface area (Å²) in [5.74, 6) is -0.179. The van der Waals surface area contributed by atoms with Crippen molar-refractivity contribution in [3.8, 4) is 0 Å². The third-order valence-electron chi connectivity index (χ3n) is 2.56. The highest BCUT2D eigenvalue weighted by Crippen LogP contribution is 2.20. The fourth-order valence-corrected chi connectivity index (χ4v) is 1.70. The van der Waals surface area contributed by atoms with Gasteiger partial charge in [-0.2, -0.15) is 13.2 Å². The van der Waals surface area contributed by atoms with Crippen LogP contribution in [0.3, 0.4) is 0 Å². The monoisotopic (exact) mass is 238 g/mol. The highest BCUT2D eigenvalue weighted by Gasteiger charge is 2.26. The average molecular weight is 238 g/mol. The number of nitrogens with one attached hydrogen (secondary N) is 2. The number of hydrogen-bond donors (Lipinski definition) is 2. The molecular weight excluding hydrogens is 221 g/mol. The van der Waals surface area contributed by atoms with Gasteiger partial charge in [0, 0.05) is 13.0 Å². The number of amides is 1. The fourth-order valence-electron chi connectivity index (χ4n) is 1.70. The zero-order chi connectivity index (χ0) is 12.0. The van der Waals surface area contributed by atoms with Gasteiger partial charge in [-0.05, 0) is 25.8 Å². The van der Waals surface area contributed by atoms with Gasteiger partial charge in [0.1, 0.15) is 0 Å². The summed E-state index contributed by atoms with van der Waals surface area (Å²) in [5.41, 5.74) is 0. The van der Waals surface area contributed by atoms with E-state index in [1.807, 2.05) is 0 Å². The van der Waals surface area contributed by atoms with Gasteiger partial charge in [-0.1, -0.05) is 6.42 Å². The number of piperidine rings is 1. The van der Waals surface area contributed by atoms with Gasteiger partial charge in [0.15, 0.2) is 0 Å². The number of carbonyl (C=O) groups is 1. The van der Waals surface area contributed by atoms with E-state index < -0.39 is 12.6 Å². The maximum absolute atomic E-state index is 11.8. The van der Waals surface area contributed by atoms with E-state index in [0.717, 1.165) is 25.8 Å². The van der Waals surface area contributed by atoms with Crippen molar-refractivity contribution < 1.29 is 18.0 Å². The molecule has 0 saturated carbocycles. The normalized spacial score (nSPS) is 21.8. The van der Waals surface area contributed by atoms with Gasteiger partial charge in [-0.15, -0.1) is 0 Å². The van der Waals surface area contributed by atoms with E-state index in [1.54, 1.807) is 0 Å². The van der Waals surface area contributed by atoms with Crippen molar-refractivity contribution >= 4 is 5.91 Å². The number of alkyl halides is 3. The predicted molar refractivity (Wildman–Crippen MR) is 53.9 cm³/mol. The summed E-state index contributed by atoms with van der Waals surface area (Å²) in [4.78, 5) is 11.5. The second kappa shape index (κ2) is 6.08. The average Bonchev–Trinajstić information content (AvgIpc) is 2.24. The molecule has 0 aromatic heterocycles. The van der Waals surface area contributed by atoms with E-state index in [0.29, 0.717) is 0 Å². The molecule has 0 aromatic rings. The smallest absolute Gasteiger partial charge is 0.355 e. The largest absolute Gasteiger partial charge is 0.389 e. The maximum Gasteiger partial charge on any atom is 0.389 e. The minimum atomic E-state index is -4.13. The number of hydrogen-bond acceptors (Lipinski definition) is 2. The van der Waals surface area contributed by atoms with E-state index in [4.69, 9.17) is 0 Å². The minimum absolute atomic E-state index is 0.0536. The van der Waals surface area contributed by atoms with Crippen molar-refractivity contribution in [2.24, 2.45) is 0 Å². The van der Waals surface area contributed by atoms with Crippen LogP contribution in [0.4, 0.5) is 13.2 Å². The Morgan fingerprint density at radius 3 is 2.69 bits per heavy atom. The molecule has 2 N–H and O–H groups in total. The van der Waals surface area contributed by atoms with Crippen LogP contribution in [-0.4, -0.2) is 31.2 Å². The molecule has 1 aliphatic rings. The molecule has 94 valence electrons. The number of carbonyl (C=O) groups excluding carboxylic acids is 1.